The third-order valence-electron chi connectivity index (χ3n) is 2.80. The molecule has 0 saturated heterocycles. The Morgan fingerprint density at radius 1 is 1.42 bits per heavy atom. The third-order valence-corrected chi connectivity index (χ3v) is 3.86. The molecule has 1 amide bonds. The number of nitrogens with one attached hydrogen (secondary N) is 1. The van der Waals surface area contributed by atoms with Crippen molar-refractivity contribution < 1.29 is 14.3 Å². The molecule has 2 aromatic rings. The molecule has 4 nitrogen and oxygen atoms in total. The standard InChI is InChI=1S/C14H17NO3S/c1-3-18-14(16)15-8-7-10-9-19-13-11(10)5-4-6-12(13)17-2/h4-6,9H,3,7-8H2,1-2H3,(H,15,16). The number of methoxy groups -OCH3 is 1. The predicted octanol–water partition coefficient (Wildman–Crippen LogP) is 3.20. The Labute approximate surface area is 116 Å². The van der Waals surface area contributed by atoms with Gasteiger partial charge in [0.05, 0.1) is 18.4 Å². The first-order valence-electron chi connectivity index (χ1n) is 6.20. The molecule has 2 rings (SSSR count). The van der Waals surface area contributed by atoms with Crippen molar-refractivity contribution >= 4 is 27.5 Å². The number of hydrogen-bond acceptors (Lipinski definition) is 4. The van der Waals surface area contributed by atoms with Crippen LogP contribution in [0.15, 0.2) is 23.6 Å². The number of fused-ring (bicyclic) bond motifs is 1. The highest BCUT2D eigenvalue weighted by molar-refractivity contribution is 7.17. The summed E-state index contributed by atoms with van der Waals surface area (Å²) in [4.78, 5) is 11.2. The lowest BCUT2D eigenvalue weighted by Gasteiger charge is -2.05. The van der Waals surface area contributed by atoms with Crippen LogP contribution in [0, 0.1) is 0 Å². The van der Waals surface area contributed by atoms with E-state index in [-0.39, 0.29) is 6.09 Å². The molecule has 0 saturated carbocycles. The molecule has 0 bridgehead atoms. The van der Waals surface area contributed by atoms with Gasteiger partial charge in [-0.15, -0.1) is 11.3 Å². The second-order valence-electron chi connectivity index (χ2n) is 4.00. The van der Waals surface area contributed by atoms with Gasteiger partial charge in [0.15, 0.2) is 0 Å². The number of rotatable bonds is 5. The zero-order valence-corrected chi connectivity index (χ0v) is 11.9. The molecule has 0 aliphatic rings. The fraction of sp³-hybridized carbons (Fsp3) is 0.357. The lowest BCUT2D eigenvalue weighted by atomic mass is 10.1. The van der Waals surface area contributed by atoms with Crippen molar-refractivity contribution in [2.24, 2.45) is 0 Å². The zero-order valence-electron chi connectivity index (χ0n) is 11.1. The van der Waals surface area contributed by atoms with Gasteiger partial charge in [0, 0.05) is 6.54 Å². The van der Waals surface area contributed by atoms with Gasteiger partial charge in [-0.3, -0.25) is 0 Å². The molecular weight excluding hydrogens is 262 g/mol. The summed E-state index contributed by atoms with van der Waals surface area (Å²) < 4.78 is 11.3. The van der Waals surface area contributed by atoms with E-state index >= 15 is 0 Å². The van der Waals surface area contributed by atoms with Gasteiger partial charge in [-0.05, 0) is 35.7 Å². The van der Waals surface area contributed by atoms with Crippen LogP contribution in [-0.4, -0.2) is 26.4 Å². The molecule has 0 unspecified atom stereocenters. The fourth-order valence-electron chi connectivity index (χ4n) is 1.92. The minimum atomic E-state index is -0.361. The normalized spacial score (nSPS) is 10.4. The SMILES string of the molecule is CCOC(=O)NCCc1csc2c(OC)cccc12. The number of thiophene rings is 1. The molecular formula is C14H17NO3S. The zero-order chi connectivity index (χ0) is 13.7. The Bertz CT molecular complexity index is 565. The van der Waals surface area contributed by atoms with E-state index in [1.165, 1.54) is 10.9 Å². The lowest BCUT2D eigenvalue weighted by Crippen LogP contribution is -2.26. The second kappa shape index (κ2) is 6.43. The maximum atomic E-state index is 11.2. The van der Waals surface area contributed by atoms with Crippen molar-refractivity contribution in [3.63, 3.8) is 0 Å². The number of ether oxygens (including phenoxy) is 2. The molecule has 0 aliphatic heterocycles. The van der Waals surface area contributed by atoms with Crippen LogP contribution in [0.25, 0.3) is 10.1 Å². The summed E-state index contributed by atoms with van der Waals surface area (Å²) >= 11 is 1.67. The van der Waals surface area contributed by atoms with E-state index in [0.717, 1.165) is 16.9 Å². The maximum Gasteiger partial charge on any atom is 0.407 e. The first-order chi connectivity index (χ1) is 9.26. The average molecular weight is 279 g/mol. The molecule has 1 heterocycles. The molecule has 102 valence electrons. The summed E-state index contributed by atoms with van der Waals surface area (Å²) in [6.45, 7) is 2.75. The van der Waals surface area contributed by atoms with E-state index in [0.29, 0.717) is 13.2 Å². The number of carbonyl (C=O) groups excluding carboxylic acids is 1. The van der Waals surface area contributed by atoms with Gasteiger partial charge in [0.1, 0.15) is 5.75 Å². The van der Waals surface area contributed by atoms with E-state index in [4.69, 9.17) is 9.47 Å². The smallest absolute Gasteiger partial charge is 0.407 e. The molecule has 0 fully saturated rings. The third kappa shape index (κ3) is 3.17. The summed E-state index contributed by atoms with van der Waals surface area (Å²) in [5.41, 5.74) is 1.22. The number of amides is 1. The molecule has 1 aromatic carbocycles. The van der Waals surface area contributed by atoms with Crippen LogP contribution in [-0.2, 0) is 11.2 Å². The summed E-state index contributed by atoms with van der Waals surface area (Å²) in [7, 11) is 1.68. The molecule has 19 heavy (non-hydrogen) atoms. The summed E-state index contributed by atoms with van der Waals surface area (Å²) in [5.74, 6) is 0.895. The molecule has 0 radical (unpaired) electrons. The lowest BCUT2D eigenvalue weighted by molar-refractivity contribution is 0.152. The molecule has 0 spiro atoms. The molecule has 5 heteroatoms. The minimum absolute atomic E-state index is 0.361. The maximum absolute atomic E-state index is 11.2. The monoisotopic (exact) mass is 279 g/mol. The van der Waals surface area contributed by atoms with Gasteiger partial charge in [0.2, 0.25) is 0 Å². The highest BCUT2D eigenvalue weighted by Crippen LogP contribution is 2.33. The van der Waals surface area contributed by atoms with E-state index in [2.05, 4.69) is 16.8 Å². The van der Waals surface area contributed by atoms with E-state index in [1.807, 2.05) is 12.1 Å². The second-order valence-corrected chi connectivity index (χ2v) is 4.87. The fourth-order valence-corrected chi connectivity index (χ4v) is 3.02. The van der Waals surface area contributed by atoms with Crippen LogP contribution < -0.4 is 10.1 Å². The van der Waals surface area contributed by atoms with Crippen molar-refractivity contribution in [3.05, 3.63) is 29.1 Å². The van der Waals surface area contributed by atoms with Gasteiger partial charge in [0.25, 0.3) is 0 Å². The van der Waals surface area contributed by atoms with Crippen molar-refractivity contribution in [1.82, 2.24) is 5.32 Å². The van der Waals surface area contributed by atoms with Crippen LogP contribution in [0.2, 0.25) is 0 Å². The van der Waals surface area contributed by atoms with Crippen molar-refractivity contribution in [3.8, 4) is 5.75 Å². The van der Waals surface area contributed by atoms with E-state index < -0.39 is 0 Å². The van der Waals surface area contributed by atoms with Crippen LogP contribution in [0.3, 0.4) is 0 Å². The molecule has 1 N–H and O–H groups in total. The molecule has 1 aromatic heterocycles. The van der Waals surface area contributed by atoms with Gasteiger partial charge in [-0.1, -0.05) is 12.1 Å². The number of benzene rings is 1. The van der Waals surface area contributed by atoms with E-state index in [9.17, 15) is 4.79 Å². The number of carbonyl (C=O) groups is 1. The highest BCUT2D eigenvalue weighted by atomic mass is 32.1. The Hall–Kier alpha value is -1.75. The van der Waals surface area contributed by atoms with Crippen LogP contribution in [0.4, 0.5) is 4.79 Å². The largest absolute Gasteiger partial charge is 0.495 e. The Kier molecular flexibility index (Phi) is 4.63. The quantitative estimate of drug-likeness (QED) is 0.914. The van der Waals surface area contributed by atoms with Gasteiger partial charge < -0.3 is 14.8 Å². The highest BCUT2D eigenvalue weighted by Gasteiger charge is 2.08. The van der Waals surface area contributed by atoms with E-state index in [1.54, 1.807) is 25.4 Å². The Balaban J connectivity index is 2.03. The van der Waals surface area contributed by atoms with Crippen LogP contribution in [0.1, 0.15) is 12.5 Å². The van der Waals surface area contributed by atoms with Crippen molar-refractivity contribution in [2.45, 2.75) is 13.3 Å². The first kappa shape index (κ1) is 13.7. The predicted molar refractivity (Wildman–Crippen MR) is 77.1 cm³/mol. The van der Waals surface area contributed by atoms with Gasteiger partial charge in [-0.2, -0.15) is 0 Å². The minimum Gasteiger partial charge on any atom is -0.495 e. The van der Waals surface area contributed by atoms with Gasteiger partial charge >= 0.3 is 6.09 Å². The van der Waals surface area contributed by atoms with Gasteiger partial charge in [-0.25, -0.2) is 4.79 Å². The average Bonchev–Trinajstić information content (AvgIpc) is 2.82. The Morgan fingerprint density at radius 3 is 3.00 bits per heavy atom. The summed E-state index contributed by atoms with van der Waals surface area (Å²) in [6.07, 6.45) is 0.422. The number of hydrogen-bond donors (Lipinski definition) is 1. The van der Waals surface area contributed by atoms with Crippen LogP contribution >= 0.6 is 11.3 Å². The van der Waals surface area contributed by atoms with Crippen molar-refractivity contribution in [1.29, 1.82) is 0 Å². The molecule has 0 aliphatic carbocycles. The molecule has 0 atom stereocenters. The summed E-state index contributed by atoms with van der Waals surface area (Å²) in [6, 6.07) is 6.02. The number of alkyl carbamates (subject to hydrolysis) is 1. The first-order valence-corrected chi connectivity index (χ1v) is 7.08. The van der Waals surface area contributed by atoms with Crippen LogP contribution in [0.5, 0.6) is 5.75 Å². The topological polar surface area (TPSA) is 47.6 Å². The van der Waals surface area contributed by atoms with Crippen molar-refractivity contribution in [2.75, 3.05) is 20.3 Å². The summed E-state index contributed by atoms with van der Waals surface area (Å²) in [5, 5.41) is 6.03. The Morgan fingerprint density at radius 2 is 2.26 bits per heavy atom.